The third-order valence-corrected chi connectivity index (χ3v) is 2.09. The Labute approximate surface area is 71.8 Å². The van der Waals surface area contributed by atoms with Crippen LogP contribution in [0.15, 0.2) is 0 Å². The summed E-state index contributed by atoms with van der Waals surface area (Å²) in [5, 5.41) is 27.7. The highest BCUT2D eigenvalue weighted by Gasteiger charge is 2.31. The fraction of sp³-hybridized carbons (Fsp3) is 1.00. The number of hydrogen-bond donors (Lipinski definition) is 3. The van der Waals surface area contributed by atoms with E-state index in [4.69, 9.17) is 9.84 Å². The van der Waals surface area contributed by atoms with Crippen LogP contribution in [-0.2, 0) is 4.74 Å². The largest absolute Gasteiger partial charge is 0.393 e. The molecule has 1 aliphatic heterocycles. The van der Waals surface area contributed by atoms with E-state index in [-0.39, 0.29) is 0 Å². The standard InChI is InChI=1S/C8H16O4/c1-5(9)4-7-8(11)6(10)2-3-12-7/h5-11H,2-4H2,1H3/t5?,6?,7-,8-/m1/s1. The molecule has 0 aromatic rings. The van der Waals surface area contributed by atoms with Gasteiger partial charge in [0.2, 0.25) is 0 Å². The zero-order valence-corrected chi connectivity index (χ0v) is 7.18. The van der Waals surface area contributed by atoms with E-state index in [1.807, 2.05) is 0 Å². The summed E-state index contributed by atoms with van der Waals surface area (Å²) in [5.74, 6) is 0. The number of aliphatic hydroxyl groups excluding tert-OH is 3. The van der Waals surface area contributed by atoms with Crippen molar-refractivity contribution in [2.75, 3.05) is 6.61 Å². The summed E-state index contributed by atoms with van der Waals surface area (Å²) in [5.41, 5.74) is 0. The number of aliphatic hydroxyl groups is 3. The van der Waals surface area contributed by atoms with E-state index in [0.29, 0.717) is 19.4 Å². The predicted octanol–water partition coefficient (Wildman–Crippen LogP) is -0.732. The molecular formula is C8H16O4. The Bertz CT molecular complexity index is 137. The van der Waals surface area contributed by atoms with E-state index in [0.717, 1.165) is 0 Å². The third-order valence-electron chi connectivity index (χ3n) is 2.09. The Morgan fingerprint density at radius 3 is 2.75 bits per heavy atom. The average Bonchev–Trinajstić information content (AvgIpc) is 1.98. The molecule has 1 fully saturated rings. The first-order chi connectivity index (χ1) is 5.61. The van der Waals surface area contributed by atoms with Crippen LogP contribution in [0.5, 0.6) is 0 Å². The van der Waals surface area contributed by atoms with Crippen LogP contribution in [0, 0.1) is 0 Å². The first kappa shape index (κ1) is 9.92. The van der Waals surface area contributed by atoms with Crippen molar-refractivity contribution in [3.63, 3.8) is 0 Å². The number of ether oxygens (including phenoxy) is 1. The van der Waals surface area contributed by atoms with E-state index in [1.54, 1.807) is 6.92 Å². The Morgan fingerprint density at radius 2 is 2.17 bits per heavy atom. The lowest BCUT2D eigenvalue weighted by Crippen LogP contribution is -2.45. The molecule has 0 saturated carbocycles. The molecule has 1 rings (SSSR count). The van der Waals surface area contributed by atoms with Crippen LogP contribution < -0.4 is 0 Å². The molecule has 2 unspecified atom stereocenters. The van der Waals surface area contributed by atoms with E-state index in [1.165, 1.54) is 0 Å². The Kier molecular flexibility index (Phi) is 3.46. The lowest BCUT2D eigenvalue weighted by molar-refractivity contribution is -0.143. The van der Waals surface area contributed by atoms with E-state index < -0.39 is 24.4 Å². The zero-order valence-electron chi connectivity index (χ0n) is 7.18. The van der Waals surface area contributed by atoms with Crippen molar-refractivity contribution >= 4 is 0 Å². The topological polar surface area (TPSA) is 69.9 Å². The van der Waals surface area contributed by atoms with Gasteiger partial charge in [0.1, 0.15) is 6.10 Å². The molecule has 1 heterocycles. The Morgan fingerprint density at radius 1 is 1.50 bits per heavy atom. The fourth-order valence-corrected chi connectivity index (χ4v) is 1.40. The Hall–Kier alpha value is -0.160. The first-order valence-electron chi connectivity index (χ1n) is 4.27. The summed E-state index contributed by atoms with van der Waals surface area (Å²) in [6, 6.07) is 0. The van der Waals surface area contributed by atoms with Gasteiger partial charge in [0.15, 0.2) is 0 Å². The molecule has 3 N–H and O–H groups in total. The fourth-order valence-electron chi connectivity index (χ4n) is 1.40. The molecule has 4 nitrogen and oxygen atoms in total. The smallest absolute Gasteiger partial charge is 0.106 e. The molecule has 0 radical (unpaired) electrons. The molecule has 0 aliphatic carbocycles. The highest BCUT2D eigenvalue weighted by atomic mass is 16.5. The van der Waals surface area contributed by atoms with Gasteiger partial charge in [0, 0.05) is 13.0 Å². The van der Waals surface area contributed by atoms with Crippen LogP contribution in [0.3, 0.4) is 0 Å². The van der Waals surface area contributed by atoms with Gasteiger partial charge >= 0.3 is 0 Å². The Balaban J connectivity index is 2.41. The summed E-state index contributed by atoms with van der Waals surface area (Å²) in [6.07, 6.45) is -1.64. The van der Waals surface area contributed by atoms with Crippen molar-refractivity contribution in [1.29, 1.82) is 0 Å². The normalized spacial score (nSPS) is 39.5. The molecule has 0 spiro atoms. The van der Waals surface area contributed by atoms with Crippen molar-refractivity contribution in [3.8, 4) is 0 Å². The van der Waals surface area contributed by atoms with Gasteiger partial charge in [-0.25, -0.2) is 0 Å². The maximum atomic E-state index is 9.40. The molecule has 1 aliphatic rings. The molecule has 1 saturated heterocycles. The van der Waals surface area contributed by atoms with Crippen LogP contribution >= 0.6 is 0 Å². The summed E-state index contributed by atoms with van der Waals surface area (Å²) in [4.78, 5) is 0. The van der Waals surface area contributed by atoms with Gasteiger partial charge in [0.25, 0.3) is 0 Å². The van der Waals surface area contributed by atoms with Crippen LogP contribution in [0.25, 0.3) is 0 Å². The van der Waals surface area contributed by atoms with Gasteiger partial charge < -0.3 is 20.1 Å². The van der Waals surface area contributed by atoms with E-state index >= 15 is 0 Å². The zero-order chi connectivity index (χ0) is 9.14. The molecule has 0 amide bonds. The van der Waals surface area contributed by atoms with Crippen molar-refractivity contribution < 1.29 is 20.1 Å². The minimum Gasteiger partial charge on any atom is -0.393 e. The summed E-state index contributed by atoms with van der Waals surface area (Å²) in [7, 11) is 0. The van der Waals surface area contributed by atoms with Gasteiger partial charge in [-0.3, -0.25) is 0 Å². The molecule has 72 valence electrons. The minimum atomic E-state index is -0.853. The van der Waals surface area contributed by atoms with E-state index in [9.17, 15) is 10.2 Å². The van der Waals surface area contributed by atoms with Gasteiger partial charge in [0.05, 0.1) is 18.3 Å². The second-order valence-corrected chi connectivity index (χ2v) is 3.34. The summed E-state index contributed by atoms with van der Waals surface area (Å²) >= 11 is 0. The average molecular weight is 176 g/mol. The molecular weight excluding hydrogens is 160 g/mol. The predicted molar refractivity (Wildman–Crippen MR) is 42.7 cm³/mol. The maximum Gasteiger partial charge on any atom is 0.106 e. The first-order valence-corrected chi connectivity index (χ1v) is 4.27. The molecule has 0 bridgehead atoms. The van der Waals surface area contributed by atoms with Crippen molar-refractivity contribution in [3.05, 3.63) is 0 Å². The number of hydrogen-bond acceptors (Lipinski definition) is 4. The minimum absolute atomic E-state index is 0.373. The van der Waals surface area contributed by atoms with Crippen LogP contribution in [0.4, 0.5) is 0 Å². The maximum absolute atomic E-state index is 9.40. The van der Waals surface area contributed by atoms with Gasteiger partial charge in [-0.05, 0) is 13.3 Å². The third kappa shape index (κ3) is 2.42. The molecule has 0 aromatic heterocycles. The monoisotopic (exact) mass is 176 g/mol. The summed E-state index contributed by atoms with van der Waals surface area (Å²) in [6.45, 7) is 2.09. The lowest BCUT2D eigenvalue weighted by atomic mass is 9.98. The highest BCUT2D eigenvalue weighted by molar-refractivity contribution is 4.81. The molecule has 4 atom stereocenters. The summed E-state index contributed by atoms with van der Waals surface area (Å²) < 4.78 is 5.20. The quantitative estimate of drug-likeness (QED) is 0.518. The van der Waals surface area contributed by atoms with Crippen molar-refractivity contribution in [2.45, 2.75) is 44.2 Å². The second kappa shape index (κ2) is 4.18. The van der Waals surface area contributed by atoms with Crippen LogP contribution in [-0.4, -0.2) is 46.3 Å². The lowest BCUT2D eigenvalue weighted by Gasteiger charge is -2.32. The molecule has 4 heteroatoms. The van der Waals surface area contributed by atoms with Crippen molar-refractivity contribution in [2.24, 2.45) is 0 Å². The van der Waals surface area contributed by atoms with Gasteiger partial charge in [-0.15, -0.1) is 0 Å². The second-order valence-electron chi connectivity index (χ2n) is 3.34. The molecule has 12 heavy (non-hydrogen) atoms. The number of rotatable bonds is 2. The van der Waals surface area contributed by atoms with Crippen LogP contribution in [0.1, 0.15) is 19.8 Å². The van der Waals surface area contributed by atoms with E-state index in [2.05, 4.69) is 0 Å². The van der Waals surface area contributed by atoms with Crippen LogP contribution in [0.2, 0.25) is 0 Å². The SMILES string of the molecule is CC(O)C[C@H]1OCCC(O)[C@H]1O. The van der Waals surface area contributed by atoms with Gasteiger partial charge in [-0.1, -0.05) is 0 Å². The highest BCUT2D eigenvalue weighted by Crippen LogP contribution is 2.18. The van der Waals surface area contributed by atoms with Gasteiger partial charge in [-0.2, -0.15) is 0 Å². The molecule has 0 aromatic carbocycles. The van der Waals surface area contributed by atoms with Crippen molar-refractivity contribution in [1.82, 2.24) is 0 Å².